The zero-order chi connectivity index (χ0) is 14.1. The molecule has 1 aromatic heterocycles. The molecule has 0 aliphatic rings. The van der Waals surface area contributed by atoms with Crippen LogP contribution in [0.5, 0.6) is 0 Å². The van der Waals surface area contributed by atoms with Gasteiger partial charge in [0.05, 0.1) is 5.88 Å². The molecular weight excluding hydrogens is 290 g/mol. The molecule has 0 amide bonds. The van der Waals surface area contributed by atoms with E-state index in [4.69, 9.17) is 11.6 Å². The van der Waals surface area contributed by atoms with Gasteiger partial charge in [-0.05, 0) is 24.0 Å². The topological polar surface area (TPSA) is 37.4 Å². The van der Waals surface area contributed by atoms with Crippen molar-refractivity contribution in [1.82, 2.24) is 4.31 Å². The van der Waals surface area contributed by atoms with Crippen molar-refractivity contribution in [2.45, 2.75) is 37.8 Å². The molecule has 18 heavy (non-hydrogen) atoms. The molecule has 0 fully saturated rings. The smallest absolute Gasteiger partial charge is 0.206 e. The summed E-state index contributed by atoms with van der Waals surface area (Å²) in [6.45, 7) is 8.42. The van der Waals surface area contributed by atoms with Gasteiger partial charge in [0.25, 0.3) is 10.0 Å². The van der Waals surface area contributed by atoms with Gasteiger partial charge in [0.15, 0.2) is 0 Å². The second-order valence-electron chi connectivity index (χ2n) is 5.63. The van der Waals surface area contributed by atoms with E-state index in [0.717, 1.165) is 10.4 Å². The second-order valence-corrected chi connectivity index (χ2v) is 9.30. The van der Waals surface area contributed by atoms with Gasteiger partial charge >= 0.3 is 0 Å². The number of aryl methyl sites for hydroxylation is 1. The molecule has 3 nitrogen and oxygen atoms in total. The van der Waals surface area contributed by atoms with E-state index < -0.39 is 10.0 Å². The molecule has 0 aliphatic heterocycles. The molecule has 6 heteroatoms. The van der Waals surface area contributed by atoms with Crippen LogP contribution in [0, 0.1) is 12.3 Å². The Bertz CT molecular complexity index is 515. The van der Waals surface area contributed by atoms with Gasteiger partial charge in [0.2, 0.25) is 0 Å². The van der Waals surface area contributed by atoms with Crippen molar-refractivity contribution < 1.29 is 8.42 Å². The summed E-state index contributed by atoms with van der Waals surface area (Å²) in [5.41, 5.74) is 0.876. The van der Waals surface area contributed by atoms with Gasteiger partial charge in [-0.2, -0.15) is 4.31 Å². The van der Waals surface area contributed by atoms with Crippen molar-refractivity contribution >= 4 is 33.0 Å². The summed E-state index contributed by atoms with van der Waals surface area (Å²) >= 11 is 7.04. The third-order valence-corrected chi connectivity index (χ3v) is 6.40. The molecule has 0 aromatic carbocycles. The molecule has 104 valence electrons. The maximum atomic E-state index is 12.4. The molecule has 0 aliphatic carbocycles. The summed E-state index contributed by atoms with van der Waals surface area (Å²) in [5.74, 6) is 0.356. The Labute approximate surface area is 119 Å². The standard InChI is InChI=1S/C12H20ClNO2S2/c1-9-6-11(17-10(9)7-13)18(15,16)14(5)8-12(2,3)4/h6H,7-8H2,1-5H3. The fourth-order valence-corrected chi connectivity index (χ4v) is 5.08. The van der Waals surface area contributed by atoms with Crippen LogP contribution in [0.3, 0.4) is 0 Å². The number of sulfonamides is 1. The summed E-state index contributed by atoms with van der Waals surface area (Å²) in [6, 6.07) is 1.71. The predicted octanol–water partition coefficient (Wildman–Crippen LogP) is 3.46. The highest BCUT2D eigenvalue weighted by Gasteiger charge is 2.27. The highest BCUT2D eigenvalue weighted by molar-refractivity contribution is 7.91. The molecule has 0 unspecified atom stereocenters. The molecule has 0 saturated carbocycles. The minimum atomic E-state index is -3.39. The first-order valence-corrected chi connectivity index (χ1v) is 8.48. The van der Waals surface area contributed by atoms with Gasteiger partial charge in [-0.15, -0.1) is 22.9 Å². The Hall–Kier alpha value is -0.100. The van der Waals surface area contributed by atoms with E-state index in [-0.39, 0.29) is 5.41 Å². The van der Waals surface area contributed by atoms with Crippen LogP contribution in [-0.4, -0.2) is 26.3 Å². The molecule has 0 spiro atoms. The van der Waals surface area contributed by atoms with Gasteiger partial charge in [-0.3, -0.25) is 0 Å². The zero-order valence-corrected chi connectivity index (χ0v) is 13.8. The number of rotatable bonds is 4. The van der Waals surface area contributed by atoms with Crippen molar-refractivity contribution in [3.8, 4) is 0 Å². The average Bonchev–Trinajstić information content (AvgIpc) is 2.57. The lowest BCUT2D eigenvalue weighted by molar-refractivity contribution is 0.311. The molecule has 0 radical (unpaired) electrons. The third-order valence-electron chi connectivity index (χ3n) is 2.48. The molecule has 0 N–H and O–H groups in total. The Morgan fingerprint density at radius 1 is 1.39 bits per heavy atom. The summed E-state index contributed by atoms with van der Waals surface area (Å²) < 4.78 is 26.6. The normalized spacial score (nSPS) is 13.3. The van der Waals surface area contributed by atoms with Crippen molar-refractivity contribution in [2.24, 2.45) is 5.41 Å². The maximum absolute atomic E-state index is 12.4. The van der Waals surface area contributed by atoms with Crippen LogP contribution in [0.1, 0.15) is 31.2 Å². The number of nitrogens with zero attached hydrogens (tertiary/aromatic N) is 1. The average molecular weight is 310 g/mol. The molecule has 0 saturated heterocycles. The van der Waals surface area contributed by atoms with E-state index in [0.29, 0.717) is 16.6 Å². The third kappa shape index (κ3) is 3.70. The molecule has 1 heterocycles. The highest BCUT2D eigenvalue weighted by Crippen LogP contribution is 2.30. The monoisotopic (exact) mass is 309 g/mol. The Morgan fingerprint density at radius 2 is 1.94 bits per heavy atom. The summed E-state index contributed by atoms with van der Waals surface area (Å²) in [6.07, 6.45) is 0. The predicted molar refractivity (Wildman–Crippen MR) is 77.9 cm³/mol. The van der Waals surface area contributed by atoms with Crippen LogP contribution in [0.4, 0.5) is 0 Å². The van der Waals surface area contributed by atoms with E-state index in [1.54, 1.807) is 13.1 Å². The van der Waals surface area contributed by atoms with Gasteiger partial charge in [0.1, 0.15) is 4.21 Å². The quantitative estimate of drug-likeness (QED) is 0.799. The first kappa shape index (κ1) is 16.0. The molecule has 0 bridgehead atoms. The first-order chi connectivity index (χ1) is 8.08. The number of thiophene rings is 1. The second kappa shape index (κ2) is 5.49. The van der Waals surface area contributed by atoms with Crippen molar-refractivity contribution in [3.63, 3.8) is 0 Å². The minimum absolute atomic E-state index is 0.0660. The Balaban J connectivity index is 3.05. The molecule has 0 atom stereocenters. The van der Waals surface area contributed by atoms with Crippen molar-refractivity contribution in [3.05, 3.63) is 16.5 Å². The Kier molecular flexibility index (Phi) is 4.87. The van der Waals surface area contributed by atoms with E-state index in [2.05, 4.69) is 0 Å². The van der Waals surface area contributed by atoms with Gasteiger partial charge in [-0.1, -0.05) is 20.8 Å². The summed E-state index contributed by atoms with van der Waals surface area (Å²) in [5, 5.41) is 0. The lowest BCUT2D eigenvalue weighted by Crippen LogP contribution is -2.34. The fourth-order valence-electron chi connectivity index (χ4n) is 1.66. The number of halogens is 1. The lowest BCUT2D eigenvalue weighted by atomic mass is 9.97. The van der Waals surface area contributed by atoms with Crippen LogP contribution in [0.15, 0.2) is 10.3 Å². The maximum Gasteiger partial charge on any atom is 0.252 e. The minimum Gasteiger partial charge on any atom is -0.206 e. The van der Waals surface area contributed by atoms with E-state index in [1.165, 1.54) is 15.6 Å². The van der Waals surface area contributed by atoms with Crippen molar-refractivity contribution in [1.29, 1.82) is 0 Å². The first-order valence-electron chi connectivity index (χ1n) is 5.69. The summed E-state index contributed by atoms with van der Waals surface area (Å²) in [7, 11) is -1.77. The highest BCUT2D eigenvalue weighted by atomic mass is 35.5. The number of hydrogen-bond acceptors (Lipinski definition) is 3. The molecule has 1 aromatic rings. The number of hydrogen-bond donors (Lipinski definition) is 0. The fraction of sp³-hybridized carbons (Fsp3) is 0.667. The van der Waals surface area contributed by atoms with Gasteiger partial charge in [0, 0.05) is 18.5 Å². The molecular formula is C12H20ClNO2S2. The van der Waals surface area contributed by atoms with Crippen LogP contribution in [0.25, 0.3) is 0 Å². The van der Waals surface area contributed by atoms with Crippen LogP contribution in [0.2, 0.25) is 0 Å². The van der Waals surface area contributed by atoms with E-state index >= 15 is 0 Å². The van der Waals surface area contributed by atoms with Gasteiger partial charge in [-0.25, -0.2) is 8.42 Å². The molecule has 1 rings (SSSR count). The van der Waals surface area contributed by atoms with Crippen LogP contribution < -0.4 is 0 Å². The van der Waals surface area contributed by atoms with E-state index in [1.807, 2.05) is 27.7 Å². The van der Waals surface area contributed by atoms with E-state index in [9.17, 15) is 8.42 Å². The Morgan fingerprint density at radius 3 is 2.33 bits per heavy atom. The van der Waals surface area contributed by atoms with Crippen LogP contribution >= 0.6 is 22.9 Å². The zero-order valence-electron chi connectivity index (χ0n) is 11.4. The van der Waals surface area contributed by atoms with Crippen LogP contribution in [-0.2, 0) is 15.9 Å². The largest absolute Gasteiger partial charge is 0.252 e. The summed E-state index contributed by atoms with van der Waals surface area (Å²) in [4.78, 5) is 0.916. The SMILES string of the molecule is Cc1cc(S(=O)(=O)N(C)CC(C)(C)C)sc1CCl. The lowest BCUT2D eigenvalue weighted by Gasteiger charge is -2.25. The van der Waals surface area contributed by atoms with Gasteiger partial charge < -0.3 is 0 Å². The van der Waals surface area contributed by atoms with Crippen molar-refractivity contribution in [2.75, 3.05) is 13.6 Å². The number of alkyl halides is 1.